The lowest BCUT2D eigenvalue weighted by Crippen LogP contribution is -2.57. The number of hydrogen-bond donors (Lipinski definition) is 3. The quantitative estimate of drug-likeness (QED) is 0.349. The minimum atomic E-state index is -0.865. The molecule has 41 heavy (non-hydrogen) atoms. The number of nitrogens with zero attached hydrogens (tertiary/aromatic N) is 1. The zero-order valence-corrected chi connectivity index (χ0v) is 24.1. The molecule has 3 aromatic rings. The van der Waals surface area contributed by atoms with Crippen LogP contribution in [0.5, 0.6) is 0 Å². The number of benzene rings is 3. The first-order valence-electron chi connectivity index (χ1n) is 13.9. The van der Waals surface area contributed by atoms with E-state index < -0.39 is 28.7 Å². The maximum absolute atomic E-state index is 14.5. The van der Waals surface area contributed by atoms with Crippen molar-refractivity contribution in [3.8, 4) is 0 Å². The largest absolute Gasteiger partial charge is 0.394 e. The average Bonchev–Trinajstić information content (AvgIpc) is 3.57. The molecule has 7 nitrogen and oxygen atoms in total. The minimum Gasteiger partial charge on any atom is -0.394 e. The van der Waals surface area contributed by atoms with Crippen LogP contribution in [0.25, 0.3) is 0 Å². The molecular formula is C32H32ClN3O4S. The summed E-state index contributed by atoms with van der Waals surface area (Å²) in [5, 5.41) is 17.1. The minimum absolute atomic E-state index is 0.00858. The van der Waals surface area contributed by atoms with Crippen molar-refractivity contribution in [2.75, 3.05) is 17.2 Å². The summed E-state index contributed by atoms with van der Waals surface area (Å²) in [6.07, 6.45) is 1.11. The topological polar surface area (TPSA) is 98.7 Å². The predicted octanol–water partition coefficient (Wildman–Crippen LogP) is 4.86. The maximum Gasteiger partial charge on any atom is 0.248 e. The molecule has 0 saturated carbocycles. The van der Waals surface area contributed by atoms with Gasteiger partial charge in [-0.2, -0.15) is 0 Å². The number of halogens is 1. The summed E-state index contributed by atoms with van der Waals surface area (Å²) in [7, 11) is 0. The number of carbonyl (C=O) groups is 3. The summed E-state index contributed by atoms with van der Waals surface area (Å²) in [5.41, 5.74) is 2.19. The summed E-state index contributed by atoms with van der Waals surface area (Å²) in [5.74, 6) is -2.03. The third kappa shape index (κ3) is 4.82. The van der Waals surface area contributed by atoms with Crippen LogP contribution in [0.4, 0.5) is 11.4 Å². The number of aliphatic hydroxyl groups excluding tert-OH is 1. The fourth-order valence-electron chi connectivity index (χ4n) is 7.08. The molecule has 3 N–H and O–H groups in total. The number of amides is 3. The van der Waals surface area contributed by atoms with Crippen LogP contribution in [0.2, 0.25) is 5.02 Å². The molecule has 3 aliphatic heterocycles. The Balaban J connectivity index is 1.39. The molecule has 0 aliphatic carbocycles. The Labute approximate surface area is 248 Å². The van der Waals surface area contributed by atoms with Gasteiger partial charge in [0.1, 0.15) is 6.04 Å². The Bertz CT molecular complexity index is 1440. The molecule has 2 bridgehead atoms. The van der Waals surface area contributed by atoms with Crippen LogP contribution in [0.1, 0.15) is 18.9 Å². The summed E-state index contributed by atoms with van der Waals surface area (Å²) >= 11 is 7.68. The Morgan fingerprint density at radius 2 is 1.59 bits per heavy atom. The van der Waals surface area contributed by atoms with Crippen molar-refractivity contribution in [2.24, 2.45) is 17.8 Å². The van der Waals surface area contributed by atoms with Crippen LogP contribution < -0.4 is 10.6 Å². The Morgan fingerprint density at radius 1 is 0.976 bits per heavy atom. The summed E-state index contributed by atoms with van der Waals surface area (Å²) in [6.45, 7) is 1.77. The summed E-state index contributed by atoms with van der Waals surface area (Å²) < 4.78 is -0.805. The predicted molar refractivity (Wildman–Crippen MR) is 162 cm³/mol. The molecule has 212 valence electrons. The molecule has 3 fully saturated rings. The van der Waals surface area contributed by atoms with E-state index in [1.54, 1.807) is 40.9 Å². The van der Waals surface area contributed by atoms with Crippen molar-refractivity contribution in [1.29, 1.82) is 0 Å². The molecule has 3 aliphatic rings. The van der Waals surface area contributed by atoms with Crippen LogP contribution in [0, 0.1) is 17.8 Å². The standard InChI is InChI=1S/C32H32ClN3O4S/c1-19-16-25-26(29(38)34-22-10-6-3-7-11-22)27-31(40)36(24(18-37)17-20-8-4-2-5-9-20)28(32(19,27)41-25)30(39)35-23-14-12-21(33)13-15-23/h2-15,19,24-28,37H,16-18H2,1H3,(H,34,38)(H,35,39)/t19?,24-,25+,26-,27+,28?,32?/m1/s1. The first-order chi connectivity index (χ1) is 19.8. The molecule has 0 radical (unpaired) electrons. The number of carbonyl (C=O) groups excluding carboxylic acids is 3. The molecule has 3 amide bonds. The highest BCUT2D eigenvalue weighted by Crippen LogP contribution is 2.69. The fourth-order valence-corrected chi connectivity index (χ4v) is 9.61. The lowest BCUT2D eigenvalue weighted by molar-refractivity contribution is -0.141. The van der Waals surface area contributed by atoms with Gasteiger partial charge in [0, 0.05) is 21.6 Å². The number of fused-ring (bicyclic) bond motifs is 1. The summed E-state index contributed by atoms with van der Waals surface area (Å²) in [6, 6.07) is 24.2. The molecule has 3 saturated heterocycles. The smallest absolute Gasteiger partial charge is 0.248 e. The van der Waals surface area contributed by atoms with Crippen molar-refractivity contribution in [2.45, 2.75) is 41.8 Å². The van der Waals surface area contributed by atoms with Crippen molar-refractivity contribution in [3.63, 3.8) is 0 Å². The van der Waals surface area contributed by atoms with E-state index in [4.69, 9.17) is 11.6 Å². The average molecular weight is 590 g/mol. The Kier molecular flexibility index (Phi) is 7.57. The second-order valence-electron chi connectivity index (χ2n) is 11.2. The van der Waals surface area contributed by atoms with Crippen LogP contribution in [0.15, 0.2) is 84.9 Å². The third-order valence-electron chi connectivity index (χ3n) is 8.81. The molecule has 3 aromatic carbocycles. The first-order valence-corrected chi connectivity index (χ1v) is 15.2. The van der Waals surface area contributed by atoms with Gasteiger partial charge in [0.05, 0.1) is 29.2 Å². The Morgan fingerprint density at radius 3 is 2.24 bits per heavy atom. The van der Waals surface area contributed by atoms with Gasteiger partial charge in [-0.25, -0.2) is 0 Å². The third-order valence-corrected chi connectivity index (χ3v) is 11.1. The number of anilines is 2. The molecule has 1 spiro atoms. The zero-order valence-electron chi connectivity index (χ0n) is 22.6. The van der Waals surface area contributed by atoms with Gasteiger partial charge >= 0.3 is 0 Å². The zero-order chi connectivity index (χ0) is 28.7. The molecule has 3 heterocycles. The van der Waals surface area contributed by atoms with Crippen LogP contribution in [0.3, 0.4) is 0 Å². The molecule has 9 heteroatoms. The number of hydrogen-bond acceptors (Lipinski definition) is 5. The van der Waals surface area contributed by atoms with Crippen molar-refractivity contribution in [1.82, 2.24) is 4.90 Å². The number of likely N-dealkylation sites (tertiary alicyclic amines) is 1. The molecule has 3 unspecified atom stereocenters. The van der Waals surface area contributed by atoms with Gasteiger partial charge in [-0.1, -0.05) is 67.1 Å². The highest BCUT2D eigenvalue weighted by Gasteiger charge is 2.76. The normalized spacial score (nSPS) is 28.8. The second-order valence-corrected chi connectivity index (χ2v) is 13.2. The van der Waals surface area contributed by atoms with Crippen LogP contribution >= 0.6 is 23.4 Å². The van der Waals surface area contributed by atoms with E-state index in [0.29, 0.717) is 22.8 Å². The SMILES string of the molecule is CC1C[C@@H]2SC13C(C(=O)Nc1ccc(Cl)cc1)N([C@@H](CO)Cc1ccccc1)C(=O)[C@@H]3[C@@H]2C(=O)Nc1ccccc1. The van der Waals surface area contributed by atoms with Gasteiger partial charge in [0.15, 0.2) is 0 Å². The van der Waals surface area contributed by atoms with E-state index in [2.05, 4.69) is 17.6 Å². The second kappa shape index (κ2) is 11.2. The summed E-state index contributed by atoms with van der Waals surface area (Å²) in [4.78, 5) is 44.1. The Hall–Kier alpha value is -3.33. The van der Waals surface area contributed by atoms with Crippen LogP contribution in [-0.4, -0.2) is 56.4 Å². The van der Waals surface area contributed by atoms with Gasteiger partial charge in [0.25, 0.3) is 0 Å². The first kappa shape index (κ1) is 27.8. The van der Waals surface area contributed by atoms with E-state index in [-0.39, 0.29) is 35.5 Å². The number of para-hydroxylation sites is 1. The van der Waals surface area contributed by atoms with E-state index in [9.17, 15) is 19.5 Å². The number of thioether (sulfide) groups is 1. The highest BCUT2D eigenvalue weighted by molar-refractivity contribution is 8.02. The van der Waals surface area contributed by atoms with Crippen molar-refractivity contribution >= 4 is 52.5 Å². The molecule has 6 rings (SSSR count). The van der Waals surface area contributed by atoms with E-state index >= 15 is 0 Å². The fraction of sp³-hybridized carbons (Fsp3) is 0.344. The van der Waals surface area contributed by atoms with E-state index in [1.165, 1.54) is 0 Å². The number of aliphatic hydroxyl groups is 1. The maximum atomic E-state index is 14.5. The lowest BCUT2D eigenvalue weighted by atomic mass is 9.66. The van der Waals surface area contributed by atoms with Gasteiger partial charge in [0.2, 0.25) is 17.7 Å². The lowest BCUT2D eigenvalue weighted by Gasteiger charge is -2.40. The van der Waals surface area contributed by atoms with Gasteiger partial charge < -0.3 is 20.6 Å². The van der Waals surface area contributed by atoms with E-state index in [0.717, 1.165) is 12.0 Å². The molecular weight excluding hydrogens is 558 g/mol. The molecule has 0 aromatic heterocycles. The van der Waals surface area contributed by atoms with Gasteiger partial charge in [-0.3, -0.25) is 14.4 Å². The van der Waals surface area contributed by atoms with Crippen molar-refractivity contribution < 1.29 is 19.5 Å². The van der Waals surface area contributed by atoms with Crippen LogP contribution in [-0.2, 0) is 20.8 Å². The molecule has 7 atom stereocenters. The monoisotopic (exact) mass is 589 g/mol. The number of rotatable bonds is 8. The number of nitrogens with one attached hydrogen (secondary N) is 2. The van der Waals surface area contributed by atoms with Gasteiger partial charge in [-0.15, -0.1) is 11.8 Å². The van der Waals surface area contributed by atoms with Gasteiger partial charge in [-0.05, 0) is 60.7 Å². The highest BCUT2D eigenvalue weighted by atomic mass is 35.5. The van der Waals surface area contributed by atoms with E-state index in [1.807, 2.05) is 60.7 Å². The van der Waals surface area contributed by atoms with Crippen molar-refractivity contribution in [3.05, 3.63) is 95.5 Å².